The van der Waals surface area contributed by atoms with Crippen molar-refractivity contribution in [1.82, 2.24) is 0 Å². The Morgan fingerprint density at radius 2 is 2.00 bits per heavy atom. The molecule has 2 N–H and O–H groups in total. The molecule has 0 aliphatic heterocycles. The van der Waals surface area contributed by atoms with Crippen LogP contribution in [0.2, 0.25) is 0 Å². The first-order valence-electron chi connectivity index (χ1n) is 4.41. The average Bonchev–Trinajstić information content (AvgIpc) is 2.00. The van der Waals surface area contributed by atoms with Crippen molar-refractivity contribution < 1.29 is 9.47 Å². The van der Waals surface area contributed by atoms with Crippen molar-refractivity contribution in [3.63, 3.8) is 0 Å². The van der Waals surface area contributed by atoms with E-state index in [-0.39, 0.29) is 11.7 Å². The zero-order chi connectivity index (χ0) is 9.61. The first kappa shape index (κ1) is 11.9. The Morgan fingerprint density at radius 1 is 1.42 bits per heavy atom. The van der Waals surface area contributed by atoms with Gasteiger partial charge in [0.25, 0.3) is 0 Å². The first-order chi connectivity index (χ1) is 5.54. The minimum atomic E-state index is -0.232. The Hall–Kier alpha value is -0.120. The zero-order valence-corrected chi connectivity index (χ0v) is 8.59. The summed E-state index contributed by atoms with van der Waals surface area (Å²) in [5.74, 6) is 0. The summed E-state index contributed by atoms with van der Waals surface area (Å²) in [4.78, 5) is 0. The van der Waals surface area contributed by atoms with Gasteiger partial charge in [0.05, 0.1) is 11.7 Å². The van der Waals surface area contributed by atoms with E-state index in [0.29, 0.717) is 13.2 Å². The summed E-state index contributed by atoms with van der Waals surface area (Å²) in [5.41, 5.74) is 5.38. The molecule has 0 aromatic heterocycles. The van der Waals surface area contributed by atoms with Crippen LogP contribution in [-0.4, -0.2) is 32.0 Å². The molecular weight excluding hydrogens is 154 g/mol. The van der Waals surface area contributed by atoms with Gasteiger partial charge in [0.2, 0.25) is 0 Å². The Kier molecular flexibility index (Phi) is 5.46. The second-order valence-electron chi connectivity index (χ2n) is 3.56. The van der Waals surface area contributed by atoms with Gasteiger partial charge in [-0.25, -0.2) is 0 Å². The van der Waals surface area contributed by atoms with Gasteiger partial charge < -0.3 is 15.2 Å². The van der Waals surface area contributed by atoms with Gasteiger partial charge in [0.15, 0.2) is 0 Å². The lowest BCUT2D eigenvalue weighted by atomic mass is 10.0. The smallest absolute Gasteiger partial charge is 0.0801 e. The van der Waals surface area contributed by atoms with Gasteiger partial charge in [-0.1, -0.05) is 0 Å². The van der Waals surface area contributed by atoms with Gasteiger partial charge in [-0.2, -0.15) is 0 Å². The van der Waals surface area contributed by atoms with Crippen LogP contribution >= 0.6 is 0 Å². The highest BCUT2D eigenvalue weighted by Gasteiger charge is 2.23. The van der Waals surface area contributed by atoms with Crippen molar-refractivity contribution in [2.75, 3.05) is 20.3 Å². The Balaban J connectivity index is 3.86. The van der Waals surface area contributed by atoms with Gasteiger partial charge in [-0.3, -0.25) is 0 Å². The van der Waals surface area contributed by atoms with Crippen LogP contribution in [0.4, 0.5) is 0 Å². The quantitative estimate of drug-likeness (QED) is 0.659. The fourth-order valence-corrected chi connectivity index (χ4v) is 1.10. The van der Waals surface area contributed by atoms with Gasteiger partial charge in [0.1, 0.15) is 0 Å². The molecule has 0 aliphatic rings. The summed E-state index contributed by atoms with van der Waals surface area (Å²) in [6, 6.07) is 0. The van der Waals surface area contributed by atoms with Crippen LogP contribution in [-0.2, 0) is 9.47 Å². The number of rotatable bonds is 6. The molecule has 0 fully saturated rings. The largest absolute Gasteiger partial charge is 0.385 e. The second kappa shape index (κ2) is 5.51. The van der Waals surface area contributed by atoms with Crippen LogP contribution in [0.25, 0.3) is 0 Å². The van der Waals surface area contributed by atoms with Crippen molar-refractivity contribution >= 4 is 0 Å². The summed E-state index contributed by atoms with van der Waals surface area (Å²) in [6.07, 6.45) is 1.06. The van der Waals surface area contributed by atoms with Crippen molar-refractivity contribution in [3.8, 4) is 0 Å². The van der Waals surface area contributed by atoms with Gasteiger partial charge in [0, 0.05) is 26.7 Å². The fraction of sp³-hybridized carbons (Fsp3) is 1.00. The van der Waals surface area contributed by atoms with E-state index in [1.54, 1.807) is 7.11 Å². The predicted octanol–water partition coefficient (Wildman–Crippen LogP) is 1.17. The zero-order valence-electron chi connectivity index (χ0n) is 8.59. The minimum absolute atomic E-state index is 0.218. The molecule has 0 bridgehead atoms. The van der Waals surface area contributed by atoms with E-state index in [9.17, 15) is 0 Å². The molecular formula is C9H21NO2. The van der Waals surface area contributed by atoms with E-state index in [4.69, 9.17) is 15.2 Å². The Morgan fingerprint density at radius 3 is 2.33 bits per heavy atom. The third-order valence-corrected chi connectivity index (χ3v) is 1.79. The fourth-order valence-electron chi connectivity index (χ4n) is 1.10. The van der Waals surface area contributed by atoms with Crippen LogP contribution in [0, 0.1) is 0 Å². The highest BCUT2D eigenvalue weighted by atomic mass is 16.5. The van der Waals surface area contributed by atoms with Crippen LogP contribution in [0.5, 0.6) is 0 Å². The summed E-state index contributed by atoms with van der Waals surface area (Å²) in [6.45, 7) is 7.28. The molecule has 12 heavy (non-hydrogen) atoms. The highest BCUT2D eigenvalue weighted by molar-refractivity contribution is 4.76. The Bertz CT molecular complexity index is 117. The van der Waals surface area contributed by atoms with Crippen LogP contribution in [0.1, 0.15) is 27.2 Å². The standard InChI is InChI=1S/C9H21NO2/c1-8(2)12-9(3,7-10)5-6-11-4/h8H,5-7,10H2,1-4H3. The lowest BCUT2D eigenvalue weighted by Crippen LogP contribution is -2.40. The number of hydrogen-bond acceptors (Lipinski definition) is 3. The molecule has 0 aromatic carbocycles. The SMILES string of the molecule is COCCC(C)(CN)OC(C)C. The van der Waals surface area contributed by atoms with Gasteiger partial charge in [-0.05, 0) is 20.8 Å². The lowest BCUT2D eigenvalue weighted by Gasteiger charge is -2.30. The van der Waals surface area contributed by atoms with Crippen LogP contribution in [0.3, 0.4) is 0 Å². The van der Waals surface area contributed by atoms with E-state index in [1.807, 2.05) is 20.8 Å². The monoisotopic (exact) mass is 175 g/mol. The summed E-state index contributed by atoms with van der Waals surface area (Å²) in [7, 11) is 1.69. The van der Waals surface area contributed by atoms with E-state index >= 15 is 0 Å². The van der Waals surface area contributed by atoms with E-state index in [0.717, 1.165) is 6.42 Å². The molecule has 0 saturated carbocycles. The molecule has 0 heterocycles. The summed E-state index contributed by atoms with van der Waals surface area (Å²) >= 11 is 0. The molecule has 0 amide bonds. The molecule has 0 spiro atoms. The third-order valence-electron chi connectivity index (χ3n) is 1.79. The van der Waals surface area contributed by atoms with Crippen molar-refractivity contribution in [1.29, 1.82) is 0 Å². The van der Waals surface area contributed by atoms with Crippen molar-refractivity contribution in [2.45, 2.75) is 38.9 Å². The topological polar surface area (TPSA) is 44.5 Å². The second-order valence-corrected chi connectivity index (χ2v) is 3.56. The molecule has 0 radical (unpaired) electrons. The van der Waals surface area contributed by atoms with Gasteiger partial charge >= 0.3 is 0 Å². The molecule has 1 atom stereocenters. The molecule has 0 aromatic rings. The first-order valence-corrected chi connectivity index (χ1v) is 4.41. The molecule has 1 unspecified atom stereocenters. The molecule has 74 valence electrons. The van der Waals surface area contributed by atoms with E-state index in [2.05, 4.69) is 0 Å². The summed E-state index contributed by atoms with van der Waals surface area (Å²) in [5, 5.41) is 0. The summed E-state index contributed by atoms with van der Waals surface area (Å²) < 4.78 is 10.7. The van der Waals surface area contributed by atoms with Crippen LogP contribution in [0.15, 0.2) is 0 Å². The molecule has 0 aliphatic carbocycles. The molecule has 3 heteroatoms. The molecule has 3 nitrogen and oxygen atoms in total. The number of methoxy groups -OCH3 is 1. The number of nitrogens with two attached hydrogens (primary N) is 1. The predicted molar refractivity (Wildman–Crippen MR) is 50.2 cm³/mol. The highest BCUT2D eigenvalue weighted by Crippen LogP contribution is 2.16. The molecule has 0 saturated heterocycles. The number of hydrogen-bond donors (Lipinski definition) is 1. The maximum atomic E-state index is 5.68. The molecule has 0 rings (SSSR count). The number of ether oxygens (including phenoxy) is 2. The normalized spacial score (nSPS) is 16.5. The average molecular weight is 175 g/mol. The third kappa shape index (κ3) is 4.70. The van der Waals surface area contributed by atoms with E-state index < -0.39 is 0 Å². The Labute approximate surface area is 75.2 Å². The minimum Gasteiger partial charge on any atom is -0.385 e. The van der Waals surface area contributed by atoms with Crippen molar-refractivity contribution in [2.24, 2.45) is 5.73 Å². The maximum Gasteiger partial charge on any atom is 0.0801 e. The van der Waals surface area contributed by atoms with E-state index in [1.165, 1.54) is 0 Å². The van der Waals surface area contributed by atoms with Gasteiger partial charge in [-0.15, -0.1) is 0 Å². The lowest BCUT2D eigenvalue weighted by molar-refractivity contribution is -0.0757. The van der Waals surface area contributed by atoms with Crippen molar-refractivity contribution in [3.05, 3.63) is 0 Å². The maximum absolute atomic E-state index is 5.68. The van der Waals surface area contributed by atoms with Crippen LogP contribution < -0.4 is 5.73 Å².